The van der Waals surface area contributed by atoms with Crippen LogP contribution in [0, 0.1) is 12.8 Å². The molecule has 0 aliphatic rings. The van der Waals surface area contributed by atoms with Gasteiger partial charge in [0, 0.05) is 15.0 Å². The largest absolute Gasteiger partial charge is 0.241 e. The lowest BCUT2D eigenvalue weighted by atomic mass is 10.0. The van der Waals surface area contributed by atoms with E-state index in [-0.39, 0.29) is 16.9 Å². The van der Waals surface area contributed by atoms with E-state index in [1.165, 1.54) is 0 Å². The summed E-state index contributed by atoms with van der Waals surface area (Å²) < 4.78 is 29.0. The quantitative estimate of drug-likeness (QED) is 0.786. The van der Waals surface area contributed by atoms with Gasteiger partial charge in [-0.15, -0.1) is 0 Å². The van der Waals surface area contributed by atoms with Crippen molar-refractivity contribution in [3.8, 4) is 0 Å². The van der Waals surface area contributed by atoms with Gasteiger partial charge in [0.05, 0.1) is 4.90 Å². The number of sulfonamides is 1. The molecule has 0 fully saturated rings. The van der Waals surface area contributed by atoms with Gasteiger partial charge in [0.1, 0.15) is 0 Å². The molecule has 1 rings (SSSR count). The minimum absolute atomic E-state index is 0.0584. The molecule has 0 aliphatic carbocycles. The van der Waals surface area contributed by atoms with Crippen LogP contribution in [0.15, 0.2) is 26.0 Å². The fourth-order valence-electron chi connectivity index (χ4n) is 1.79. The molecule has 19 heavy (non-hydrogen) atoms. The van der Waals surface area contributed by atoms with E-state index < -0.39 is 10.0 Å². The van der Waals surface area contributed by atoms with Gasteiger partial charge >= 0.3 is 0 Å². The van der Waals surface area contributed by atoms with E-state index in [9.17, 15) is 8.42 Å². The maximum absolute atomic E-state index is 12.4. The normalized spacial score (nSPS) is 13.8. The van der Waals surface area contributed by atoms with E-state index in [0.717, 1.165) is 16.5 Å². The molecule has 0 heterocycles. The second kappa shape index (κ2) is 6.70. The highest BCUT2D eigenvalue weighted by atomic mass is 79.9. The van der Waals surface area contributed by atoms with Crippen molar-refractivity contribution in [3.63, 3.8) is 0 Å². The summed E-state index contributed by atoms with van der Waals surface area (Å²) in [4.78, 5) is 0.268. The van der Waals surface area contributed by atoms with Crippen molar-refractivity contribution in [2.24, 2.45) is 5.92 Å². The van der Waals surface area contributed by atoms with Crippen molar-refractivity contribution in [2.45, 2.75) is 45.1 Å². The zero-order valence-corrected chi connectivity index (χ0v) is 15.5. The van der Waals surface area contributed by atoms with Crippen molar-refractivity contribution in [3.05, 3.63) is 26.6 Å². The van der Waals surface area contributed by atoms with Crippen molar-refractivity contribution >= 4 is 41.9 Å². The molecular formula is C13H19Br2NO2S. The third kappa shape index (κ3) is 4.28. The fraction of sp³-hybridized carbons (Fsp3) is 0.538. The Balaban J connectivity index is 3.17. The zero-order chi connectivity index (χ0) is 14.8. The molecule has 0 aromatic heterocycles. The van der Waals surface area contributed by atoms with Crippen LogP contribution in [0.1, 0.15) is 32.8 Å². The van der Waals surface area contributed by atoms with Crippen LogP contribution in [0.25, 0.3) is 0 Å². The number of nitrogens with one attached hydrogen (secondary N) is 1. The van der Waals surface area contributed by atoms with E-state index >= 15 is 0 Å². The van der Waals surface area contributed by atoms with Crippen molar-refractivity contribution in [2.75, 3.05) is 0 Å². The number of rotatable bonds is 5. The van der Waals surface area contributed by atoms with Gasteiger partial charge in [0.15, 0.2) is 0 Å². The van der Waals surface area contributed by atoms with E-state index in [0.29, 0.717) is 4.47 Å². The average molecular weight is 413 g/mol. The fourth-order valence-corrected chi connectivity index (χ4v) is 4.93. The van der Waals surface area contributed by atoms with E-state index in [1.807, 2.05) is 27.7 Å². The molecule has 3 nitrogen and oxygen atoms in total. The molecule has 0 amide bonds. The minimum Gasteiger partial charge on any atom is -0.208 e. The Kier molecular flexibility index (Phi) is 6.04. The molecule has 1 aromatic rings. The first-order valence-electron chi connectivity index (χ1n) is 6.17. The zero-order valence-electron chi connectivity index (χ0n) is 11.5. The summed E-state index contributed by atoms with van der Waals surface area (Å²) in [6.07, 6.45) is 0.765. The SMILES string of the molecule is CCC(NS(=O)(=O)c1cc(Br)c(C)cc1Br)C(C)C. The highest BCUT2D eigenvalue weighted by Crippen LogP contribution is 2.29. The van der Waals surface area contributed by atoms with Gasteiger partial charge in [-0.1, -0.05) is 36.7 Å². The number of halogens is 2. The van der Waals surface area contributed by atoms with Gasteiger partial charge in [0.2, 0.25) is 10.0 Å². The van der Waals surface area contributed by atoms with Crippen LogP contribution in [-0.4, -0.2) is 14.5 Å². The lowest BCUT2D eigenvalue weighted by molar-refractivity contribution is 0.437. The summed E-state index contributed by atoms with van der Waals surface area (Å²) in [5, 5.41) is 0. The first-order chi connectivity index (χ1) is 8.69. The lowest BCUT2D eigenvalue weighted by Crippen LogP contribution is -2.38. The molecule has 0 saturated carbocycles. The number of hydrogen-bond acceptors (Lipinski definition) is 2. The van der Waals surface area contributed by atoms with Crippen LogP contribution >= 0.6 is 31.9 Å². The second-order valence-electron chi connectivity index (χ2n) is 4.91. The first kappa shape index (κ1) is 17.1. The van der Waals surface area contributed by atoms with E-state index in [1.54, 1.807) is 12.1 Å². The lowest BCUT2D eigenvalue weighted by Gasteiger charge is -2.21. The number of hydrogen-bond donors (Lipinski definition) is 1. The van der Waals surface area contributed by atoms with Crippen molar-refractivity contribution in [1.82, 2.24) is 4.72 Å². The molecule has 1 N–H and O–H groups in total. The van der Waals surface area contributed by atoms with Gasteiger partial charge in [0.25, 0.3) is 0 Å². The number of aryl methyl sites for hydroxylation is 1. The van der Waals surface area contributed by atoms with Gasteiger partial charge in [-0.25, -0.2) is 13.1 Å². The Bertz CT molecular complexity index is 556. The molecule has 0 bridgehead atoms. The molecular weight excluding hydrogens is 394 g/mol. The topological polar surface area (TPSA) is 46.2 Å². The average Bonchev–Trinajstić information content (AvgIpc) is 2.30. The Labute approximate surface area is 132 Å². The monoisotopic (exact) mass is 411 g/mol. The van der Waals surface area contributed by atoms with Gasteiger partial charge in [-0.2, -0.15) is 0 Å². The highest BCUT2D eigenvalue weighted by molar-refractivity contribution is 9.11. The van der Waals surface area contributed by atoms with Crippen LogP contribution in [0.2, 0.25) is 0 Å². The Hall–Kier alpha value is 0.0900. The Morgan fingerprint density at radius 2 is 1.79 bits per heavy atom. The van der Waals surface area contributed by atoms with Gasteiger partial charge < -0.3 is 0 Å². The van der Waals surface area contributed by atoms with Crippen LogP contribution in [-0.2, 0) is 10.0 Å². The summed E-state index contributed by atoms with van der Waals surface area (Å²) in [5.41, 5.74) is 0.988. The maximum Gasteiger partial charge on any atom is 0.241 e. The molecule has 0 aliphatic heterocycles. The predicted molar refractivity (Wildman–Crippen MR) is 85.8 cm³/mol. The molecule has 6 heteroatoms. The summed E-state index contributed by atoms with van der Waals surface area (Å²) >= 11 is 6.70. The summed E-state index contributed by atoms with van der Waals surface area (Å²) in [7, 11) is -3.51. The minimum atomic E-state index is -3.51. The molecule has 1 aromatic carbocycles. The molecule has 0 spiro atoms. The summed E-state index contributed by atoms with van der Waals surface area (Å²) in [5.74, 6) is 0.257. The maximum atomic E-state index is 12.4. The van der Waals surface area contributed by atoms with Crippen LogP contribution in [0.4, 0.5) is 0 Å². The van der Waals surface area contributed by atoms with Crippen LogP contribution in [0.5, 0.6) is 0 Å². The predicted octanol–water partition coefficient (Wildman–Crippen LogP) is 4.23. The standard InChI is InChI=1S/C13H19Br2NO2S/c1-5-12(8(2)3)16-19(17,18)13-7-10(14)9(4)6-11(13)15/h6-8,12,16H,5H2,1-4H3. The highest BCUT2D eigenvalue weighted by Gasteiger charge is 2.23. The van der Waals surface area contributed by atoms with Crippen molar-refractivity contribution in [1.29, 1.82) is 0 Å². The second-order valence-corrected chi connectivity index (χ2v) is 8.30. The number of benzene rings is 1. The Morgan fingerprint density at radius 1 is 1.21 bits per heavy atom. The summed E-state index contributed by atoms with van der Waals surface area (Å²) in [6, 6.07) is 3.38. The molecule has 0 saturated heterocycles. The smallest absolute Gasteiger partial charge is 0.208 e. The summed E-state index contributed by atoms with van der Waals surface area (Å²) in [6.45, 7) is 7.92. The Morgan fingerprint density at radius 3 is 2.26 bits per heavy atom. The van der Waals surface area contributed by atoms with Crippen molar-refractivity contribution < 1.29 is 8.42 Å². The van der Waals surface area contributed by atoms with Gasteiger partial charge in [-0.05, 0) is 52.9 Å². The first-order valence-corrected chi connectivity index (χ1v) is 9.24. The third-order valence-electron chi connectivity index (χ3n) is 3.05. The third-order valence-corrected chi connectivity index (χ3v) is 6.36. The van der Waals surface area contributed by atoms with Crippen LogP contribution in [0.3, 0.4) is 0 Å². The van der Waals surface area contributed by atoms with E-state index in [2.05, 4.69) is 36.6 Å². The van der Waals surface area contributed by atoms with E-state index in [4.69, 9.17) is 0 Å². The molecule has 108 valence electrons. The molecule has 1 unspecified atom stereocenters. The van der Waals surface area contributed by atoms with Crippen LogP contribution < -0.4 is 4.72 Å². The van der Waals surface area contributed by atoms with Gasteiger partial charge in [-0.3, -0.25) is 0 Å². The molecule has 0 radical (unpaired) electrons. The molecule has 1 atom stereocenters.